The maximum atomic E-state index is 12.3. The summed E-state index contributed by atoms with van der Waals surface area (Å²) < 4.78 is 0. The first-order valence-corrected chi connectivity index (χ1v) is 10.1. The highest BCUT2D eigenvalue weighted by atomic mass is 16.3. The smallest absolute Gasteiger partial charge is 0.226 e. The minimum atomic E-state index is -1.06. The van der Waals surface area contributed by atoms with E-state index in [1.807, 2.05) is 6.08 Å². The molecule has 27 heavy (non-hydrogen) atoms. The molecule has 0 bridgehead atoms. The number of nitrogens with zero attached hydrogens (tertiary/aromatic N) is 2. The average molecular weight is 373 g/mol. The van der Waals surface area contributed by atoms with E-state index in [9.17, 15) is 14.7 Å². The van der Waals surface area contributed by atoms with Gasteiger partial charge < -0.3 is 5.11 Å². The largest absolute Gasteiger partial charge is 0.383 e. The number of nitrogens with one attached hydrogen (secondary N) is 1. The molecule has 1 unspecified atom stereocenters. The molecule has 3 aliphatic rings. The predicted molar refractivity (Wildman–Crippen MR) is 105 cm³/mol. The number of rotatable bonds is 4. The summed E-state index contributed by atoms with van der Waals surface area (Å²) >= 11 is 0. The number of unbranched alkanes of at least 4 members (excludes halogenated alkanes) is 1. The van der Waals surface area contributed by atoms with E-state index in [1.165, 1.54) is 13.8 Å². The van der Waals surface area contributed by atoms with Crippen molar-refractivity contribution in [2.75, 3.05) is 0 Å². The lowest BCUT2D eigenvalue weighted by Gasteiger charge is -2.46. The monoisotopic (exact) mass is 373 g/mol. The van der Waals surface area contributed by atoms with Crippen LogP contribution in [0.5, 0.6) is 0 Å². The third kappa shape index (κ3) is 3.47. The Labute approximate surface area is 161 Å². The standard InChI is InChI=1S/C21H31N3O3/c1-5-6-7-8-11-21(27)13(2)12-16-9-10-17-18(16)19(21)23-20(22-14(3)25)24(17)15(4)26/h7-8,13,16-17,27H,5-6,9-12H2,1-4H3,(H,22,23,25)/b8-7-/t13-,16-,17-,21?/m0/s1. The van der Waals surface area contributed by atoms with Crippen LogP contribution in [0.25, 0.3) is 0 Å². The summed E-state index contributed by atoms with van der Waals surface area (Å²) in [6.07, 6.45) is 9.45. The predicted octanol–water partition coefficient (Wildman–Crippen LogP) is 2.89. The Morgan fingerprint density at radius 3 is 2.70 bits per heavy atom. The van der Waals surface area contributed by atoms with Gasteiger partial charge in [-0.1, -0.05) is 32.4 Å². The summed E-state index contributed by atoms with van der Waals surface area (Å²) in [7, 11) is 0. The van der Waals surface area contributed by atoms with E-state index in [4.69, 9.17) is 0 Å². The van der Waals surface area contributed by atoms with Crippen LogP contribution in [0.15, 0.2) is 28.4 Å². The van der Waals surface area contributed by atoms with Crippen LogP contribution in [0.4, 0.5) is 0 Å². The normalized spacial score (nSPS) is 32.6. The highest BCUT2D eigenvalue weighted by molar-refractivity contribution is 6.05. The molecule has 148 valence electrons. The SMILES string of the molecule is CCC/C=C\CC1(O)C2=C3[C@@H](CC[C@@H]3N(C(C)=O)C(NC(C)=O)=N2)C[C@@H]1C. The molecule has 2 aliphatic carbocycles. The number of guanidine groups is 1. The zero-order chi connectivity index (χ0) is 19.8. The van der Waals surface area contributed by atoms with Crippen molar-refractivity contribution < 1.29 is 14.7 Å². The molecule has 0 spiro atoms. The van der Waals surface area contributed by atoms with Gasteiger partial charge in [0.15, 0.2) is 0 Å². The summed E-state index contributed by atoms with van der Waals surface area (Å²) in [5.74, 6) is 0.268. The number of hydrogen-bond acceptors (Lipinski definition) is 4. The van der Waals surface area contributed by atoms with E-state index >= 15 is 0 Å². The molecule has 2 N–H and O–H groups in total. The number of hydrogen-bond donors (Lipinski definition) is 2. The quantitative estimate of drug-likeness (QED) is 0.744. The molecular weight excluding hydrogens is 342 g/mol. The van der Waals surface area contributed by atoms with Crippen molar-refractivity contribution >= 4 is 17.8 Å². The van der Waals surface area contributed by atoms with Crippen LogP contribution < -0.4 is 5.32 Å². The first kappa shape index (κ1) is 19.8. The molecule has 1 saturated carbocycles. The molecule has 1 aliphatic heterocycles. The maximum absolute atomic E-state index is 12.3. The van der Waals surface area contributed by atoms with E-state index in [0.29, 0.717) is 18.0 Å². The van der Waals surface area contributed by atoms with Gasteiger partial charge in [0.25, 0.3) is 0 Å². The summed E-state index contributed by atoms with van der Waals surface area (Å²) in [6.45, 7) is 7.12. The van der Waals surface area contributed by atoms with Gasteiger partial charge in [0, 0.05) is 20.3 Å². The fourth-order valence-corrected chi connectivity index (χ4v) is 4.84. The second kappa shape index (κ2) is 7.58. The summed E-state index contributed by atoms with van der Waals surface area (Å²) in [5.41, 5.74) is 0.714. The van der Waals surface area contributed by atoms with Crippen molar-refractivity contribution in [3.8, 4) is 0 Å². The zero-order valence-electron chi connectivity index (χ0n) is 16.8. The molecule has 2 amide bonds. The Kier molecular flexibility index (Phi) is 5.56. The van der Waals surface area contributed by atoms with Crippen molar-refractivity contribution in [1.82, 2.24) is 10.2 Å². The minimum Gasteiger partial charge on any atom is -0.383 e. The van der Waals surface area contributed by atoms with E-state index in [-0.39, 0.29) is 29.7 Å². The molecular formula is C21H31N3O3. The van der Waals surface area contributed by atoms with Crippen molar-refractivity contribution in [3.05, 3.63) is 23.4 Å². The van der Waals surface area contributed by atoms with Gasteiger partial charge >= 0.3 is 0 Å². The van der Waals surface area contributed by atoms with Crippen LogP contribution in [0.2, 0.25) is 0 Å². The lowest BCUT2D eigenvalue weighted by Crippen LogP contribution is -2.56. The Bertz CT molecular complexity index is 724. The molecule has 3 rings (SSSR count). The van der Waals surface area contributed by atoms with E-state index < -0.39 is 5.60 Å². The van der Waals surface area contributed by atoms with Crippen LogP contribution in [0.1, 0.15) is 66.2 Å². The minimum absolute atomic E-state index is 0.0671. The van der Waals surface area contributed by atoms with Crippen LogP contribution in [-0.4, -0.2) is 39.4 Å². The van der Waals surface area contributed by atoms with Gasteiger partial charge in [-0.15, -0.1) is 0 Å². The summed E-state index contributed by atoms with van der Waals surface area (Å²) in [5, 5.41) is 14.4. The fourth-order valence-electron chi connectivity index (χ4n) is 4.84. The van der Waals surface area contributed by atoms with Crippen molar-refractivity contribution in [1.29, 1.82) is 0 Å². The third-order valence-electron chi connectivity index (χ3n) is 6.16. The number of carbonyl (C=O) groups is 2. The molecule has 1 heterocycles. The molecule has 0 radical (unpaired) electrons. The van der Waals surface area contributed by atoms with Crippen LogP contribution in [0, 0.1) is 11.8 Å². The third-order valence-corrected chi connectivity index (χ3v) is 6.16. The number of allylic oxidation sites excluding steroid dienone is 1. The van der Waals surface area contributed by atoms with Crippen molar-refractivity contribution in [3.63, 3.8) is 0 Å². The lowest BCUT2D eigenvalue weighted by atomic mass is 9.69. The highest BCUT2D eigenvalue weighted by Crippen LogP contribution is 2.52. The average Bonchev–Trinajstić information content (AvgIpc) is 2.99. The second-order valence-corrected chi connectivity index (χ2v) is 8.12. The van der Waals surface area contributed by atoms with Gasteiger partial charge in [0.05, 0.1) is 11.7 Å². The molecule has 0 aromatic carbocycles. The summed E-state index contributed by atoms with van der Waals surface area (Å²) in [6, 6.07) is -0.111. The number of aliphatic hydroxyl groups is 1. The second-order valence-electron chi connectivity index (χ2n) is 8.12. The maximum Gasteiger partial charge on any atom is 0.226 e. The van der Waals surface area contributed by atoms with Crippen LogP contribution >= 0.6 is 0 Å². The van der Waals surface area contributed by atoms with Gasteiger partial charge in [0.1, 0.15) is 5.60 Å². The van der Waals surface area contributed by atoms with Crippen LogP contribution in [0.3, 0.4) is 0 Å². The summed E-state index contributed by atoms with van der Waals surface area (Å²) in [4.78, 5) is 30.3. The Balaban J connectivity index is 2.06. The Hall–Kier alpha value is -1.95. The van der Waals surface area contributed by atoms with E-state index in [2.05, 4.69) is 30.2 Å². The molecule has 1 fully saturated rings. The van der Waals surface area contributed by atoms with Crippen LogP contribution in [-0.2, 0) is 9.59 Å². The molecule has 6 heteroatoms. The van der Waals surface area contributed by atoms with Gasteiger partial charge in [-0.3, -0.25) is 19.8 Å². The number of amides is 2. The van der Waals surface area contributed by atoms with Crippen molar-refractivity contribution in [2.24, 2.45) is 16.8 Å². The lowest BCUT2D eigenvalue weighted by molar-refractivity contribution is -0.126. The molecule has 0 saturated heterocycles. The Morgan fingerprint density at radius 1 is 1.33 bits per heavy atom. The molecule has 4 atom stereocenters. The fraction of sp³-hybridized carbons (Fsp3) is 0.667. The van der Waals surface area contributed by atoms with Gasteiger partial charge in [-0.2, -0.15) is 0 Å². The Morgan fingerprint density at radius 2 is 2.07 bits per heavy atom. The van der Waals surface area contributed by atoms with Crippen molar-refractivity contribution in [2.45, 2.75) is 77.9 Å². The molecule has 6 nitrogen and oxygen atoms in total. The number of aliphatic imine (C=N–C) groups is 1. The topological polar surface area (TPSA) is 82.0 Å². The molecule has 0 aromatic rings. The van der Waals surface area contributed by atoms with E-state index in [0.717, 1.165) is 37.7 Å². The van der Waals surface area contributed by atoms with Gasteiger partial charge in [0.2, 0.25) is 17.8 Å². The van der Waals surface area contributed by atoms with E-state index in [1.54, 1.807) is 4.90 Å². The zero-order valence-corrected chi connectivity index (χ0v) is 16.8. The first-order valence-electron chi connectivity index (χ1n) is 10.1. The van der Waals surface area contributed by atoms with Gasteiger partial charge in [-0.25, -0.2) is 4.99 Å². The van der Waals surface area contributed by atoms with Gasteiger partial charge in [-0.05, 0) is 43.1 Å². The first-order chi connectivity index (χ1) is 12.8. The highest BCUT2D eigenvalue weighted by Gasteiger charge is 2.53. The molecule has 0 aromatic heterocycles. The number of carbonyl (C=O) groups excluding carboxylic acids is 2.